The van der Waals surface area contributed by atoms with E-state index in [1.807, 2.05) is 0 Å². The summed E-state index contributed by atoms with van der Waals surface area (Å²) >= 11 is 1.19. The maximum Gasteiger partial charge on any atom is 0.337 e. The van der Waals surface area contributed by atoms with Crippen molar-refractivity contribution in [1.82, 2.24) is 4.90 Å². The molecule has 2 amide bonds. The number of ether oxygens (including phenoxy) is 3. The molecule has 1 saturated heterocycles. The Morgan fingerprint density at radius 2 is 1.57 bits per heavy atom. The molecule has 0 atom stereocenters. The van der Waals surface area contributed by atoms with Crippen LogP contribution in [0.4, 0.5) is 5.69 Å². The lowest BCUT2D eigenvalue weighted by atomic mass is 10.1. The number of anilines is 1. The van der Waals surface area contributed by atoms with Crippen LogP contribution < -0.4 is 5.32 Å². The number of amides is 2. The van der Waals surface area contributed by atoms with Gasteiger partial charge in [-0.25, -0.2) is 9.59 Å². The third kappa shape index (κ3) is 6.24. The average Bonchev–Trinajstić information content (AvgIpc) is 2.72. The minimum atomic E-state index is -0.647. The van der Waals surface area contributed by atoms with E-state index in [0.717, 1.165) is 0 Å². The van der Waals surface area contributed by atoms with Crippen LogP contribution in [0.3, 0.4) is 0 Å². The van der Waals surface area contributed by atoms with Crippen molar-refractivity contribution in [3.63, 3.8) is 0 Å². The van der Waals surface area contributed by atoms with Gasteiger partial charge in [0, 0.05) is 18.8 Å². The number of rotatable bonds is 7. The monoisotopic (exact) mass is 410 g/mol. The normalized spacial score (nSPS) is 13.6. The van der Waals surface area contributed by atoms with Gasteiger partial charge in [-0.1, -0.05) is 0 Å². The van der Waals surface area contributed by atoms with Crippen molar-refractivity contribution in [2.45, 2.75) is 0 Å². The lowest BCUT2D eigenvalue weighted by Gasteiger charge is -2.26. The van der Waals surface area contributed by atoms with Gasteiger partial charge in [-0.15, -0.1) is 11.8 Å². The number of benzene rings is 1. The molecule has 0 saturated carbocycles. The van der Waals surface area contributed by atoms with Gasteiger partial charge in [0.2, 0.25) is 11.8 Å². The first-order chi connectivity index (χ1) is 13.4. The Balaban J connectivity index is 1.93. The molecule has 1 aromatic carbocycles. The number of carbonyl (C=O) groups excluding carboxylic acids is 4. The number of methoxy groups -OCH3 is 2. The lowest BCUT2D eigenvalue weighted by molar-refractivity contribution is -0.132. The van der Waals surface area contributed by atoms with Crippen LogP contribution in [0.1, 0.15) is 20.7 Å². The Kier molecular flexibility index (Phi) is 8.27. The van der Waals surface area contributed by atoms with Crippen molar-refractivity contribution in [2.75, 3.05) is 57.3 Å². The van der Waals surface area contributed by atoms with E-state index >= 15 is 0 Å². The molecule has 1 aliphatic heterocycles. The molecule has 1 aromatic rings. The van der Waals surface area contributed by atoms with Crippen molar-refractivity contribution in [3.8, 4) is 0 Å². The largest absolute Gasteiger partial charge is 0.465 e. The van der Waals surface area contributed by atoms with E-state index in [4.69, 9.17) is 4.74 Å². The summed E-state index contributed by atoms with van der Waals surface area (Å²) in [6.45, 7) is 2.16. The summed E-state index contributed by atoms with van der Waals surface area (Å²) in [5.41, 5.74) is 0.472. The molecule has 0 spiro atoms. The average molecular weight is 410 g/mol. The second-order valence-electron chi connectivity index (χ2n) is 5.82. The molecule has 1 fully saturated rings. The Labute approximate surface area is 166 Å². The Morgan fingerprint density at radius 3 is 2.11 bits per heavy atom. The van der Waals surface area contributed by atoms with Gasteiger partial charge >= 0.3 is 11.9 Å². The van der Waals surface area contributed by atoms with Gasteiger partial charge in [0.05, 0.1) is 50.1 Å². The molecular weight excluding hydrogens is 388 g/mol. The maximum atomic E-state index is 12.2. The van der Waals surface area contributed by atoms with E-state index in [1.165, 1.54) is 44.2 Å². The molecule has 28 heavy (non-hydrogen) atoms. The van der Waals surface area contributed by atoms with Gasteiger partial charge in [-0.2, -0.15) is 0 Å². The van der Waals surface area contributed by atoms with E-state index in [1.54, 1.807) is 4.90 Å². The minimum Gasteiger partial charge on any atom is -0.465 e. The molecule has 0 aromatic heterocycles. The number of nitrogens with zero attached hydrogens (tertiary/aromatic N) is 1. The highest BCUT2D eigenvalue weighted by molar-refractivity contribution is 8.00. The molecule has 0 aliphatic carbocycles. The summed E-state index contributed by atoms with van der Waals surface area (Å²) in [5, 5.41) is 2.61. The van der Waals surface area contributed by atoms with Gasteiger partial charge in [0.1, 0.15) is 0 Å². The van der Waals surface area contributed by atoms with Gasteiger partial charge in [0.25, 0.3) is 0 Å². The topological polar surface area (TPSA) is 111 Å². The maximum absolute atomic E-state index is 12.2. The SMILES string of the molecule is COC(=O)c1cc(NC(=O)CSCC(=O)N2CCOCC2)cc(C(=O)OC)c1. The Morgan fingerprint density at radius 1 is 1.00 bits per heavy atom. The Bertz CT molecular complexity index is 713. The molecule has 9 nitrogen and oxygen atoms in total. The minimum absolute atomic E-state index is 0.0400. The van der Waals surface area contributed by atoms with Crippen molar-refractivity contribution in [2.24, 2.45) is 0 Å². The van der Waals surface area contributed by atoms with Gasteiger partial charge in [0.15, 0.2) is 0 Å². The highest BCUT2D eigenvalue weighted by Crippen LogP contribution is 2.17. The molecular formula is C18H22N2O7S. The number of carbonyl (C=O) groups is 4. The van der Waals surface area contributed by atoms with E-state index in [2.05, 4.69) is 14.8 Å². The molecule has 2 rings (SSSR count). The fourth-order valence-electron chi connectivity index (χ4n) is 2.50. The summed E-state index contributed by atoms with van der Waals surface area (Å²) in [7, 11) is 2.43. The smallest absolute Gasteiger partial charge is 0.337 e. The quantitative estimate of drug-likeness (QED) is 0.657. The lowest BCUT2D eigenvalue weighted by Crippen LogP contribution is -2.41. The number of esters is 2. The number of thioether (sulfide) groups is 1. The summed E-state index contributed by atoms with van der Waals surface area (Å²) < 4.78 is 14.5. The van der Waals surface area contributed by atoms with Crippen LogP contribution in [-0.2, 0) is 23.8 Å². The third-order valence-corrected chi connectivity index (χ3v) is 4.80. The molecule has 0 unspecified atom stereocenters. The fraction of sp³-hybridized carbons (Fsp3) is 0.444. The van der Waals surface area contributed by atoms with Gasteiger partial charge in [-0.3, -0.25) is 9.59 Å². The zero-order chi connectivity index (χ0) is 20.5. The molecule has 0 bridgehead atoms. The van der Waals surface area contributed by atoms with E-state index in [-0.39, 0.29) is 40.1 Å². The van der Waals surface area contributed by atoms with Crippen LogP contribution in [0, 0.1) is 0 Å². The number of hydrogen-bond donors (Lipinski definition) is 1. The number of hydrogen-bond acceptors (Lipinski definition) is 8. The second kappa shape index (κ2) is 10.7. The van der Waals surface area contributed by atoms with Crippen LogP contribution >= 0.6 is 11.8 Å². The summed E-state index contributed by atoms with van der Waals surface area (Å²) in [4.78, 5) is 49.5. The van der Waals surface area contributed by atoms with E-state index in [0.29, 0.717) is 26.3 Å². The zero-order valence-corrected chi connectivity index (χ0v) is 16.5. The highest BCUT2D eigenvalue weighted by atomic mass is 32.2. The summed E-state index contributed by atoms with van der Waals surface area (Å²) in [6, 6.07) is 4.13. The van der Waals surface area contributed by atoms with Crippen LogP contribution in [0.25, 0.3) is 0 Å². The summed E-state index contributed by atoms with van der Waals surface area (Å²) in [6.07, 6.45) is 0. The number of nitrogens with one attached hydrogen (secondary N) is 1. The standard InChI is InChI=1S/C18H22N2O7S/c1-25-17(23)12-7-13(18(24)26-2)9-14(8-12)19-15(21)10-28-11-16(22)20-3-5-27-6-4-20/h7-9H,3-6,10-11H2,1-2H3,(H,19,21). The highest BCUT2D eigenvalue weighted by Gasteiger charge is 2.18. The van der Waals surface area contributed by atoms with Crippen molar-refractivity contribution >= 4 is 41.2 Å². The van der Waals surface area contributed by atoms with Crippen LogP contribution in [-0.4, -0.2) is 80.7 Å². The molecule has 0 radical (unpaired) electrons. The first kappa shape index (κ1) is 21.7. The molecule has 152 valence electrons. The second-order valence-corrected chi connectivity index (χ2v) is 6.80. The first-order valence-corrected chi connectivity index (χ1v) is 9.65. The zero-order valence-electron chi connectivity index (χ0n) is 15.7. The van der Waals surface area contributed by atoms with E-state index < -0.39 is 11.9 Å². The molecule has 1 N–H and O–H groups in total. The van der Waals surface area contributed by atoms with Crippen molar-refractivity contribution < 1.29 is 33.4 Å². The molecule has 10 heteroatoms. The summed E-state index contributed by atoms with van der Waals surface area (Å²) in [5.74, 6) is -1.47. The van der Waals surface area contributed by atoms with Crippen LogP contribution in [0.2, 0.25) is 0 Å². The predicted molar refractivity (Wildman–Crippen MR) is 102 cm³/mol. The predicted octanol–water partition coefficient (Wildman–Crippen LogP) is 0.790. The third-order valence-electron chi connectivity index (χ3n) is 3.88. The molecule has 1 aliphatic rings. The molecule has 1 heterocycles. The van der Waals surface area contributed by atoms with Crippen molar-refractivity contribution in [3.05, 3.63) is 29.3 Å². The van der Waals surface area contributed by atoms with Crippen molar-refractivity contribution in [1.29, 1.82) is 0 Å². The van der Waals surface area contributed by atoms with Crippen LogP contribution in [0.5, 0.6) is 0 Å². The van der Waals surface area contributed by atoms with Gasteiger partial charge in [-0.05, 0) is 18.2 Å². The van der Waals surface area contributed by atoms with E-state index in [9.17, 15) is 19.2 Å². The number of morpholine rings is 1. The Hall–Kier alpha value is -2.59. The van der Waals surface area contributed by atoms with Gasteiger partial charge < -0.3 is 24.4 Å². The van der Waals surface area contributed by atoms with Crippen LogP contribution in [0.15, 0.2) is 18.2 Å². The fourth-order valence-corrected chi connectivity index (χ4v) is 3.22. The first-order valence-electron chi connectivity index (χ1n) is 8.49.